The van der Waals surface area contributed by atoms with Gasteiger partial charge >= 0.3 is 0 Å². The lowest BCUT2D eigenvalue weighted by Gasteiger charge is -2.20. The molecule has 0 unspecified atom stereocenters. The van der Waals surface area contributed by atoms with Crippen molar-refractivity contribution in [3.8, 4) is 11.5 Å². The molecule has 180 valence electrons. The Kier molecular flexibility index (Phi) is 8.41. The van der Waals surface area contributed by atoms with Crippen LogP contribution >= 0.6 is 23.7 Å². The van der Waals surface area contributed by atoms with Gasteiger partial charge in [0.15, 0.2) is 22.4 Å². The number of thiazole rings is 1. The van der Waals surface area contributed by atoms with E-state index in [0.29, 0.717) is 40.8 Å². The fourth-order valence-electron chi connectivity index (χ4n) is 3.48. The maximum absolute atomic E-state index is 14.2. The molecule has 0 fully saturated rings. The van der Waals surface area contributed by atoms with Gasteiger partial charge in [0.1, 0.15) is 11.3 Å². The van der Waals surface area contributed by atoms with E-state index in [2.05, 4.69) is 9.97 Å². The molecule has 0 aliphatic rings. The zero-order valence-corrected chi connectivity index (χ0v) is 20.2. The Morgan fingerprint density at radius 1 is 1.15 bits per heavy atom. The molecule has 0 aliphatic carbocycles. The van der Waals surface area contributed by atoms with Gasteiger partial charge in [-0.3, -0.25) is 9.69 Å². The number of carbonyl (C=O) groups excluding carboxylic acids is 1. The average Bonchev–Trinajstić information content (AvgIpc) is 3.46. The van der Waals surface area contributed by atoms with Gasteiger partial charge in [-0.05, 0) is 30.2 Å². The Hall–Kier alpha value is -3.24. The Balaban J connectivity index is 0.00000324. The Morgan fingerprint density at radius 3 is 2.65 bits per heavy atom. The van der Waals surface area contributed by atoms with Gasteiger partial charge in [-0.25, -0.2) is 18.7 Å². The van der Waals surface area contributed by atoms with E-state index < -0.39 is 11.6 Å². The predicted octanol–water partition coefficient (Wildman–Crippen LogP) is 4.88. The first-order valence-electron chi connectivity index (χ1n) is 10.2. The van der Waals surface area contributed by atoms with Crippen molar-refractivity contribution in [1.82, 2.24) is 14.5 Å². The summed E-state index contributed by atoms with van der Waals surface area (Å²) in [6, 6.07) is 7.29. The van der Waals surface area contributed by atoms with E-state index in [9.17, 15) is 13.6 Å². The van der Waals surface area contributed by atoms with Crippen LogP contribution in [-0.4, -0.2) is 41.2 Å². The number of halogens is 3. The van der Waals surface area contributed by atoms with E-state index in [1.165, 1.54) is 18.1 Å². The van der Waals surface area contributed by atoms with E-state index in [1.807, 2.05) is 10.8 Å². The van der Waals surface area contributed by atoms with Crippen LogP contribution in [-0.2, 0) is 17.8 Å². The van der Waals surface area contributed by atoms with Gasteiger partial charge in [0, 0.05) is 31.5 Å². The van der Waals surface area contributed by atoms with Gasteiger partial charge in [0.05, 0.1) is 31.7 Å². The van der Waals surface area contributed by atoms with Crippen molar-refractivity contribution in [1.29, 1.82) is 0 Å². The number of hydrogen-bond donors (Lipinski definition) is 0. The quantitative estimate of drug-likeness (QED) is 0.322. The van der Waals surface area contributed by atoms with Crippen molar-refractivity contribution >= 4 is 45.0 Å². The Bertz CT molecular complexity index is 1270. The zero-order valence-electron chi connectivity index (χ0n) is 18.5. The lowest BCUT2D eigenvalue weighted by molar-refractivity contribution is -0.118. The normalized spacial score (nSPS) is 10.7. The van der Waals surface area contributed by atoms with Gasteiger partial charge in [0.2, 0.25) is 5.91 Å². The number of methoxy groups -OCH3 is 2. The molecule has 4 aromatic rings. The van der Waals surface area contributed by atoms with E-state index >= 15 is 0 Å². The molecular formula is C23H23ClF2N4O3S. The first-order valence-corrected chi connectivity index (χ1v) is 11.0. The summed E-state index contributed by atoms with van der Waals surface area (Å²) < 4.78 is 40.7. The summed E-state index contributed by atoms with van der Waals surface area (Å²) in [5.74, 6) is -0.564. The fourth-order valence-corrected chi connectivity index (χ4v) is 4.53. The molecule has 0 saturated carbocycles. The molecule has 2 heterocycles. The largest absolute Gasteiger partial charge is 0.493 e. The SMILES string of the molecule is COc1ccc(CC(=O)N(CCCn2ccnc2)c2nc3c(F)cc(F)cc3s2)cc1OC.Cl. The number of imidazole rings is 1. The summed E-state index contributed by atoms with van der Waals surface area (Å²) in [7, 11) is 3.07. The minimum absolute atomic E-state index is 0. The second-order valence-electron chi connectivity index (χ2n) is 7.30. The van der Waals surface area contributed by atoms with Crippen molar-refractivity contribution < 1.29 is 23.0 Å². The van der Waals surface area contributed by atoms with E-state index in [-0.39, 0.29) is 30.3 Å². The summed E-state index contributed by atoms with van der Waals surface area (Å²) in [6.07, 6.45) is 5.93. The van der Waals surface area contributed by atoms with Crippen LogP contribution in [0, 0.1) is 11.6 Å². The van der Waals surface area contributed by atoms with E-state index in [0.717, 1.165) is 23.0 Å². The number of aryl methyl sites for hydroxylation is 1. The molecule has 0 spiro atoms. The number of benzene rings is 2. The van der Waals surface area contributed by atoms with Crippen LogP contribution in [0.3, 0.4) is 0 Å². The predicted molar refractivity (Wildman–Crippen MR) is 129 cm³/mol. The van der Waals surface area contributed by atoms with Crippen molar-refractivity contribution in [2.45, 2.75) is 19.4 Å². The highest BCUT2D eigenvalue weighted by Crippen LogP contribution is 2.32. The first kappa shape index (κ1) is 25.4. The van der Waals surface area contributed by atoms with Crippen LogP contribution < -0.4 is 14.4 Å². The molecule has 0 aliphatic heterocycles. The molecule has 0 atom stereocenters. The number of ether oxygens (including phenoxy) is 2. The van der Waals surface area contributed by atoms with Gasteiger partial charge in [-0.1, -0.05) is 17.4 Å². The second kappa shape index (κ2) is 11.3. The minimum atomic E-state index is -0.752. The van der Waals surface area contributed by atoms with Crippen molar-refractivity contribution in [3.05, 3.63) is 66.3 Å². The molecule has 7 nitrogen and oxygen atoms in total. The molecule has 0 saturated heterocycles. The number of aromatic nitrogens is 3. The number of anilines is 1. The van der Waals surface area contributed by atoms with Gasteiger partial charge < -0.3 is 14.0 Å². The number of hydrogen-bond acceptors (Lipinski definition) is 6. The van der Waals surface area contributed by atoms with Crippen LogP contribution in [0.25, 0.3) is 10.2 Å². The second-order valence-corrected chi connectivity index (χ2v) is 8.31. The van der Waals surface area contributed by atoms with E-state index in [4.69, 9.17) is 9.47 Å². The Labute approximate surface area is 205 Å². The van der Waals surface area contributed by atoms with Crippen LogP contribution in [0.5, 0.6) is 11.5 Å². The molecule has 0 radical (unpaired) electrons. The summed E-state index contributed by atoms with van der Waals surface area (Å²) in [6.45, 7) is 1.00. The van der Waals surface area contributed by atoms with Gasteiger partial charge in [-0.2, -0.15) is 0 Å². The highest BCUT2D eigenvalue weighted by atomic mass is 35.5. The maximum atomic E-state index is 14.2. The molecule has 1 amide bonds. The number of rotatable bonds is 9. The molecule has 34 heavy (non-hydrogen) atoms. The highest BCUT2D eigenvalue weighted by Gasteiger charge is 2.22. The van der Waals surface area contributed by atoms with Crippen LogP contribution in [0.4, 0.5) is 13.9 Å². The number of carbonyl (C=O) groups is 1. The maximum Gasteiger partial charge on any atom is 0.233 e. The summed E-state index contributed by atoms with van der Waals surface area (Å²) in [5, 5.41) is 0.325. The molecular weight excluding hydrogens is 486 g/mol. The molecule has 4 rings (SSSR count). The van der Waals surface area contributed by atoms with Crippen LogP contribution in [0.2, 0.25) is 0 Å². The molecule has 0 bridgehead atoms. The summed E-state index contributed by atoms with van der Waals surface area (Å²) in [4.78, 5) is 23.2. The topological polar surface area (TPSA) is 69.5 Å². The smallest absolute Gasteiger partial charge is 0.233 e. The number of nitrogens with zero attached hydrogens (tertiary/aromatic N) is 4. The lowest BCUT2D eigenvalue weighted by Crippen LogP contribution is -2.33. The van der Waals surface area contributed by atoms with Crippen LogP contribution in [0.15, 0.2) is 49.1 Å². The Morgan fingerprint density at radius 2 is 1.94 bits per heavy atom. The number of fused-ring (bicyclic) bond motifs is 1. The molecule has 2 aromatic carbocycles. The first-order chi connectivity index (χ1) is 16.0. The van der Waals surface area contributed by atoms with Crippen molar-refractivity contribution in [3.63, 3.8) is 0 Å². The third kappa shape index (κ3) is 5.63. The standard InChI is InChI=1S/C23H22F2N4O3S.ClH/c1-31-18-5-4-15(10-19(18)32-2)11-21(30)29(8-3-7-28-9-6-26-14-28)23-27-22-17(25)12-16(24)13-20(22)33-23;/h4-6,9-10,12-14H,3,7-8,11H2,1-2H3;1H. The zero-order chi connectivity index (χ0) is 23.4. The fraction of sp³-hybridized carbons (Fsp3) is 0.261. The molecule has 2 aromatic heterocycles. The lowest BCUT2D eigenvalue weighted by atomic mass is 10.1. The monoisotopic (exact) mass is 508 g/mol. The average molecular weight is 509 g/mol. The summed E-state index contributed by atoms with van der Waals surface area (Å²) in [5.41, 5.74) is 0.783. The van der Waals surface area contributed by atoms with Gasteiger partial charge in [-0.15, -0.1) is 12.4 Å². The highest BCUT2D eigenvalue weighted by molar-refractivity contribution is 7.22. The number of amides is 1. The minimum Gasteiger partial charge on any atom is -0.493 e. The third-order valence-electron chi connectivity index (χ3n) is 5.09. The van der Waals surface area contributed by atoms with Crippen LogP contribution in [0.1, 0.15) is 12.0 Å². The van der Waals surface area contributed by atoms with E-state index in [1.54, 1.807) is 37.8 Å². The molecule has 11 heteroatoms. The third-order valence-corrected chi connectivity index (χ3v) is 6.12. The van der Waals surface area contributed by atoms with Crippen molar-refractivity contribution in [2.75, 3.05) is 25.7 Å². The van der Waals surface area contributed by atoms with Gasteiger partial charge in [0.25, 0.3) is 0 Å². The molecule has 0 N–H and O–H groups in total. The summed E-state index contributed by atoms with van der Waals surface area (Å²) >= 11 is 1.08. The van der Waals surface area contributed by atoms with Crippen molar-refractivity contribution in [2.24, 2.45) is 0 Å².